The van der Waals surface area contributed by atoms with Crippen molar-refractivity contribution in [3.63, 3.8) is 0 Å². The number of hydrogen-bond acceptors (Lipinski definition) is 6. The predicted molar refractivity (Wildman–Crippen MR) is 129 cm³/mol. The largest absolute Gasteiger partial charge is 0.478 e. The number of esters is 2. The number of aryl methyl sites for hydroxylation is 1. The number of carbonyl (C=O) groups excluding carboxylic acids is 3. The summed E-state index contributed by atoms with van der Waals surface area (Å²) in [7, 11) is 0. The molecular weight excluding hydrogens is 564 g/mol. The third kappa shape index (κ3) is 7.84. The molecular formula is C27H19F6NO7. The first-order chi connectivity index (χ1) is 19.1. The molecule has 216 valence electrons. The van der Waals surface area contributed by atoms with Gasteiger partial charge in [-0.3, -0.25) is 4.79 Å². The smallest absolute Gasteiger partial charge is 0.416 e. The summed E-state index contributed by atoms with van der Waals surface area (Å²) in [5.74, 6) is -6.61. The van der Waals surface area contributed by atoms with Gasteiger partial charge < -0.3 is 19.9 Å². The molecule has 0 aromatic heterocycles. The maximum absolute atomic E-state index is 13.1. The van der Waals surface area contributed by atoms with Crippen molar-refractivity contribution in [2.45, 2.75) is 31.5 Å². The van der Waals surface area contributed by atoms with Crippen molar-refractivity contribution in [1.29, 1.82) is 0 Å². The van der Waals surface area contributed by atoms with Gasteiger partial charge in [-0.05, 0) is 55.0 Å². The molecule has 0 bridgehead atoms. The van der Waals surface area contributed by atoms with Crippen LogP contribution in [0.15, 0.2) is 72.8 Å². The second kappa shape index (κ2) is 12.1. The van der Waals surface area contributed by atoms with Crippen molar-refractivity contribution in [3.05, 3.63) is 101 Å². The number of amides is 1. The third-order valence-electron chi connectivity index (χ3n) is 5.50. The highest BCUT2D eigenvalue weighted by molar-refractivity contribution is 6.01. The standard InChI is InChI=1S/C27H19F6NO7/c1-14-6-2-3-11-19(14)34-22(35)20(40-24(38)15-7-4-9-17(12-15)26(28,29)30)21(23(36)37)41-25(39)16-8-5-10-18(13-16)27(31,32)33/h2-13,20-21H,1H3,(H,34,35)(H,36,37)/t20-,21+/m0/s1. The van der Waals surface area contributed by atoms with Gasteiger partial charge in [0, 0.05) is 5.69 Å². The van der Waals surface area contributed by atoms with Crippen molar-refractivity contribution >= 4 is 29.5 Å². The van der Waals surface area contributed by atoms with E-state index in [0.717, 1.165) is 24.3 Å². The van der Waals surface area contributed by atoms with Crippen LogP contribution in [0.1, 0.15) is 37.4 Å². The molecule has 1 amide bonds. The fourth-order valence-electron chi connectivity index (χ4n) is 3.42. The lowest BCUT2D eigenvalue weighted by molar-refractivity contribution is -0.157. The van der Waals surface area contributed by atoms with Crippen molar-refractivity contribution in [2.75, 3.05) is 5.32 Å². The summed E-state index contributed by atoms with van der Waals surface area (Å²) < 4.78 is 88.4. The van der Waals surface area contributed by atoms with Crippen molar-refractivity contribution in [2.24, 2.45) is 0 Å². The zero-order valence-corrected chi connectivity index (χ0v) is 20.7. The molecule has 0 unspecified atom stereocenters. The number of halogens is 6. The Morgan fingerprint density at radius 2 is 1.17 bits per heavy atom. The van der Waals surface area contributed by atoms with E-state index in [9.17, 15) is 50.6 Å². The normalized spacial score (nSPS) is 13.0. The number of nitrogens with one attached hydrogen (secondary N) is 1. The van der Waals surface area contributed by atoms with Crippen LogP contribution < -0.4 is 5.32 Å². The molecule has 14 heteroatoms. The molecule has 0 fully saturated rings. The van der Waals surface area contributed by atoms with Gasteiger partial charge in [-0.15, -0.1) is 0 Å². The molecule has 3 rings (SSSR count). The van der Waals surface area contributed by atoms with Gasteiger partial charge in [0.1, 0.15) is 0 Å². The summed E-state index contributed by atoms with van der Waals surface area (Å²) >= 11 is 0. The molecule has 0 aliphatic carbocycles. The fraction of sp³-hybridized carbons (Fsp3) is 0.185. The van der Waals surface area contributed by atoms with Gasteiger partial charge in [0.05, 0.1) is 22.3 Å². The number of alkyl halides is 6. The SMILES string of the molecule is Cc1ccccc1NC(=O)[C@@H](OC(=O)c1cccc(C(F)(F)F)c1)[C@@H](OC(=O)c1cccc(C(F)(F)F)c1)C(=O)O. The van der Waals surface area contributed by atoms with Crippen LogP contribution in [0.4, 0.5) is 32.0 Å². The van der Waals surface area contributed by atoms with Crippen molar-refractivity contribution < 1.29 is 60.1 Å². The Morgan fingerprint density at radius 3 is 1.61 bits per heavy atom. The molecule has 0 saturated carbocycles. The summed E-state index contributed by atoms with van der Waals surface area (Å²) in [4.78, 5) is 50.6. The summed E-state index contributed by atoms with van der Waals surface area (Å²) in [6, 6.07) is 11.6. The number of ether oxygens (including phenoxy) is 2. The van der Waals surface area contributed by atoms with Crippen molar-refractivity contribution in [3.8, 4) is 0 Å². The first-order valence-corrected chi connectivity index (χ1v) is 11.4. The molecule has 0 aliphatic heterocycles. The van der Waals surface area contributed by atoms with E-state index >= 15 is 0 Å². The number of benzene rings is 3. The van der Waals surface area contributed by atoms with Gasteiger partial charge in [0.15, 0.2) is 0 Å². The van der Waals surface area contributed by atoms with E-state index in [1.807, 2.05) is 0 Å². The molecule has 0 heterocycles. The molecule has 3 aromatic carbocycles. The highest BCUT2D eigenvalue weighted by Crippen LogP contribution is 2.31. The van der Waals surface area contributed by atoms with Crippen LogP contribution in [0.2, 0.25) is 0 Å². The van der Waals surface area contributed by atoms with Crippen LogP contribution in [0.5, 0.6) is 0 Å². The molecule has 41 heavy (non-hydrogen) atoms. The van der Waals surface area contributed by atoms with Crippen LogP contribution in [-0.2, 0) is 31.4 Å². The van der Waals surface area contributed by atoms with E-state index in [0.29, 0.717) is 29.8 Å². The van der Waals surface area contributed by atoms with E-state index in [1.165, 1.54) is 12.1 Å². The number of carbonyl (C=O) groups is 4. The van der Waals surface area contributed by atoms with E-state index in [2.05, 4.69) is 5.32 Å². The number of rotatable bonds is 8. The molecule has 0 saturated heterocycles. The first kappa shape index (κ1) is 30.7. The lowest BCUT2D eigenvalue weighted by atomic mass is 10.1. The Morgan fingerprint density at radius 1 is 0.707 bits per heavy atom. The number of carboxylic acids is 1. The molecule has 0 aliphatic rings. The monoisotopic (exact) mass is 583 g/mol. The Kier molecular flexibility index (Phi) is 9.05. The van der Waals surface area contributed by atoms with E-state index in [-0.39, 0.29) is 5.69 Å². The Bertz CT molecular complexity index is 1470. The quantitative estimate of drug-likeness (QED) is 0.265. The van der Waals surface area contributed by atoms with Gasteiger partial charge in [0.2, 0.25) is 12.2 Å². The maximum Gasteiger partial charge on any atom is 0.416 e. The zero-order chi connectivity index (χ0) is 30.5. The van der Waals surface area contributed by atoms with Gasteiger partial charge in [-0.1, -0.05) is 30.3 Å². The highest BCUT2D eigenvalue weighted by atomic mass is 19.4. The van der Waals surface area contributed by atoms with E-state index < -0.39 is 70.6 Å². The van der Waals surface area contributed by atoms with Crippen LogP contribution >= 0.6 is 0 Å². The number of carboxylic acid groups (broad SMARTS) is 1. The summed E-state index contributed by atoms with van der Waals surface area (Å²) in [5, 5.41) is 12.0. The number of para-hydroxylation sites is 1. The molecule has 3 aromatic rings. The minimum absolute atomic E-state index is 0.117. The summed E-state index contributed by atoms with van der Waals surface area (Å²) in [5.41, 5.74) is -3.39. The lowest BCUT2D eigenvalue weighted by Crippen LogP contribution is -2.48. The molecule has 0 radical (unpaired) electrons. The zero-order valence-electron chi connectivity index (χ0n) is 20.7. The van der Waals surface area contributed by atoms with Crippen LogP contribution in [0.3, 0.4) is 0 Å². The average molecular weight is 583 g/mol. The third-order valence-corrected chi connectivity index (χ3v) is 5.50. The predicted octanol–water partition coefficient (Wildman–Crippen LogP) is 5.51. The summed E-state index contributed by atoms with van der Waals surface area (Å²) in [6.07, 6.45) is -14.8. The second-order valence-corrected chi connectivity index (χ2v) is 8.45. The molecule has 2 atom stereocenters. The number of anilines is 1. The fourth-order valence-corrected chi connectivity index (χ4v) is 3.42. The molecule has 0 spiro atoms. The Balaban J connectivity index is 1.98. The second-order valence-electron chi connectivity index (χ2n) is 8.45. The van der Waals surface area contributed by atoms with Crippen LogP contribution in [-0.4, -0.2) is 41.1 Å². The van der Waals surface area contributed by atoms with Crippen LogP contribution in [0, 0.1) is 6.92 Å². The topological polar surface area (TPSA) is 119 Å². The van der Waals surface area contributed by atoms with Gasteiger partial charge in [-0.25, -0.2) is 14.4 Å². The van der Waals surface area contributed by atoms with Crippen molar-refractivity contribution in [1.82, 2.24) is 0 Å². The first-order valence-electron chi connectivity index (χ1n) is 11.4. The van der Waals surface area contributed by atoms with Gasteiger partial charge in [-0.2, -0.15) is 26.3 Å². The molecule has 2 N–H and O–H groups in total. The number of hydrogen-bond donors (Lipinski definition) is 2. The molecule has 8 nitrogen and oxygen atoms in total. The average Bonchev–Trinajstić information content (AvgIpc) is 2.90. The van der Waals surface area contributed by atoms with E-state index in [1.54, 1.807) is 19.1 Å². The minimum atomic E-state index is -4.86. The maximum atomic E-state index is 13.1. The van der Waals surface area contributed by atoms with Gasteiger partial charge >= 0.3 is 30.3 Å². The number of aliphatic carboxylic acids is 1. The van der Waals surface area contributed by atoms with Gasteiger partial charge in [0.25, 0.3) is 5.91 Å². The van der Waals surface area contributed by atoms with Crippen LogP contribution in [0.25, 0.3) is 0 Å². The Labute approximate surface area is 227 Å². The van der Waals surface area contributed by atoms with E-state index in [4.69, 9.17) is 9.47 Å². The highest BCUT2D eigenvalue weighted by Gasteiger charge is 2.42. The lowest BCUT2D eigenvalue weighted by Gasteiger charge is -2.24. The summed E-state index contributed by atoms with van der Waals surface area (Å²) in [6.45, 7) is 1.56. The Hall–Kier alpha value is -4.88. The minimum Gasteiger partial charge on any atom is -0.478 e.